The number of aryl methyl sites for hydroxylation is 1. The topological polar surface area (TPSA) is 67.4 Å². The fraction of sp³-hybridized carbons (Fsp3) is 0.130. The lowest BCUT2D eigenvalue weighted by atomic mass is 10.1. The molecule has 0 aliphatic carbocycles. The number of anilines is 1. The molecule has 0 saturated heterocycles. The fourth-order valence-electron chi connectivity index (χ4n) is 2.64. The van der Waals surface area contributed by atoms with E-state index in [2.05, 4.69) is 10.6 Å². The number of carbonyl (C=O) groups is 2. The Bertz CT molecular complexity index is 947. The number of carbonyl (C=O) groups excluding carboxylic acids is 2. The first-order valence-electron chi connectivity index (χ1n) is 8.94. The number of methoxy groups -OCH3 is 1. The summed E-state index contributed by atoms with van der Waals surface area (Å²) in [6.07, 6.45) is 0. The number of hydrogen-bond acceptors (Lipinski definition) is 3. The number of rotatable bonds is 6. The average Bonchev–Trinajstić information content (AvgIpc) is 2.74. The summed E-state index contributed by atoms with van der Waals surface area (Å²) in [5, 5.41) is 5.71. The zero-order valence-electron chi connectivity index (χ0n) is 15.9. The Morgan fingerprint density at radius 1 is 0.786 bits per heavy atom. The average molecular weight is 374 g/mol. The molecule has 5 nitrogen and oxygen atoms in total. The van der Waals surface area contributed by atoms with Gasteiger partial charge in [0.1, 0.15) is 5.75 Å². The van der Waals surface area contributed by atoms with Crippen LogP contribution in [0.4, 0.5) is 5.69 Å². The van der Waals surface area contributed by atoms with Crippen molar-refractivity contribution in [3.05, 3.63) is 95.1 Å². The third kappa shape index (κ3) is 4.98. The zero-order chi connectivity index (χ0) is 19.9. The van der Waals surface area contributed by atoms with Crippen molar-refractivity contribution < 1.29 is 14.3 Å². The van der Waals surface area contributed by atoms with Gasteiger partial charge in [-0.1, -0.05) is 29.8 Å². The highest BCUT2D eigenvalue weighted by atomic mass is 16.5. The van der Waals surface area contributed by atoms with Crippen LogP contribution in [-0.4, -0.2) is 18.9 Å². The van der Waals surface area contributed by atoms with Crippen molar-refractivity contribution in [3.8, 4) is 5.75 Å². The van der Waals surface area contributed by atoms with Gasteiger partial charge in [-0.05, 0) is 61.0 Å². The van der Waals surface area contributed by atoms with Crippen molar-refractivity contribution in [2.75, 3.05) is 12.4 Å². The van der Waals surface area contributed by atoms with Crippen molar-refractivity contribution in [3.63, 3.8) is 0 Å². The number of nitrogens with one attached hydrogen (secondary N) is 2. The van der Waals surface area contributed by atoms with Crippen molar-refractivity contribution in [2.45, 2.75) is 13.5 Å². The first kappa shape index (κ1) is 19.2. The summed E-state index contributed by atoms with van der Waals surface area (Å²) in [5.74, 6) is 0.366. The molecule has 5 heteroatoms. The third-order valence-electron chi connectivity index (χ3n) is 4.33. The first-order valence-corrected chi connectivity index (χ1v) is 8.94. The van der Waals surface area contributed by atoms with Crippen LogP contribution in [0.25, 0.3) is 0 Å². The van der Waals surface area contributed by atoms with Gasteiger partial charge in [0.05, 0.1) is 7.11 Å². The quantitative estimate of drug-likeness (QED) is 0.680. The van der Waals surface area contributed by atoms with E-state index in [9.17, 15) is 9.59 Å². The summed E-state index contributed by atoms with van der Waals surface area (Å²) in [6, 6.07) is 21.7. The van der Waals surface area contributed by atoms with E-state index >= 15 is 0 Å². The van der Waals surface area contributed by atoms with Gasteiger partial charge < -0.3 is 15.4 Å². The maximum Gasteiger partial charge on any atom is 0.255 e. The van der Waals surface area contributed by atoms with E-state index < -0.39 is 0 Å². The molecular formula is C23H22N2O3. The van der Waals surface area contributed by atoms with Gasteiger partial charge in [0.2, 0.25) is 0 Å². The molecule has 0 atom stereocenters. The molecule has 0 aromatic heterocycles. The third-order valence-corrected chi connectivity index (χ3v) is 4.33. The first-order chi connectivity index (χ1) is 13.5. The molecule has 0 aliphatic heterocycles. The van der Waals surface area contributed by atoms with Gasteiger partial charge in [0.25, 0.3) is 11.8 Å². The van der Waals surface area contributed by atoms with Crippen molar-refractivity contribution in [1.29, 1.82) is 0 Å². The Balaban J connectivity index is 1.57. The minimum Gasteiger partial charge on any atom is -0.497 e. The number of hydrogen-bond donors (Lipinski definition) is 2. The van der Waals surface area contributed by atoms with Crippen molar-refractivity contribution >= 4 is 17.5 Å². The van der Waals surface area contributed by atoms with Crippen LogP contribution in [-0.2, 0) is 6.54 Å². The molecule has 142 valence electrons. The SMILES string of the molecule is COc1ccc(CNC(=O)c2ccc(C(=O)Nc3ccc(C)cc3)cc2)cc1. The van der Waals surface area contributed by atoms with Gasteiger partial charge in [0.15, 0.2) is 0 Å². The molecule has 2 amide bonds. The molecule has 0 spiro atoms. The summed E-state index contributed by atoms with van der Waals surface area (Å²) < 4.78 is 5.12. The summed E-state index contributed by atoms with van der Waals surface area (Å²) in [6.45, 7) is 2.41. The van der Waals surface area contributed by atoms with Crippen LogP contribution in [0.2, 0.25) is 0 Å². The predicted octanol–water partition coefficient (Wildman–Crippen LogP) is 4.19. The zero-order valence-corrected chi connectivity index (χ0v) is 15.9. The molecule has 3 aromatic carbocycles. The van der Waals surface area contributed by atoms with Gasteiger partial charge in [0, 0.05) is 23.4 Å². The van der Waals surface area contributed by atoms with Crippen LogP contribution in [0.15, 0.2) is 72.8 Å². The summed E-state index contributed by atoms with van der Waals surface area (Å²) >= 11 is 0. The molecule has 0 fully saturated rings. The van der Waals surface area contributed by atoms with E-state index in [1.165, 1.54) is 0 Å². The Morgan fingerprint density at radius 2 is 1.36 bits per heavy atom. The largest absolute Gasteiger partial charge is 0.497 e. The van der Waals surface area contributed by atoms with Crippen LogP contribution in [0.3, 0.4) is 0 Å². The van der Waals surface area contributed by atoms with Gasteiger partial charge >= 0.3 is 0 Å². The smallest absolute Gasteiger partial charge is 0.255 e. The molecule has 0 heterocycles. The second kappa shape index (κ2) is 8.86. The summed E-state index contributed by atoms with van der Waals surface area (Å²) in [4.78, 5) is 24.6. The molecule has 0 aliphatic rings. The Kier molecular flexibility index (Phi) is 6.07. The van der Waals surface area contributed by atoms with Crippen LogP contribution >= 0.6 is 0 Å². The minimum absolute atomic E-state index is 0.193. The van der Waals surface area contributed by atoms with E-state index in [0.29, 0.717) is 17.7 Å². The second-order valence-corrected chi connectivity index (χ2v) is 6.43. The number of benzene rings is 3. The Labute approximate surface area is 164 Å². The molecule has 0 radical (unpaired) electrons. The lowest BCUT2D eigenvalue weighted by Crippen LogP contribution is -2.23. The van der Waals surface area contributed by atoms with Crippen molar-refractivity contribution in [1.82, 2.24) is 5.32 Å². The van der Waals surface area contributed by atoms with E-state index in [4.69, 9.17) is 4.74 Å². The lowest BCUT2D eigenvalue weighted by molar-refractivity contribution is 0.0949. The standard InChI is InChI=1S/C23H22N2O3/c1-16-3-11-20(12-4-16)25-23(27)19-9-7-18(8-10-19)22(26)24-15-17-5-13-21(28-2)14-6-17/h3-14H,15H2,1-2H3,(H,24,26)(H,25,27). The second-order valence-electron chi connectivity index (χ2n) is 6.43. The molecule has 28 heavy (non-hydrogen) atoms. The summed E-state index contributed by atoms with van der Waals surface area (Å²) in [7, 11) is 1.61. The van der Waals surface area contributed by atoms with E-state index in [1.54, 1.807) is 31.4 Å². The normalized spacial score (nSPS) is 10.2. The minimum atomic E-state index is -0.214. The summed E-state index contributed by atoms with van der Waals surface area (Å²) in [5.41, 5.74) is 3.83. The van der Waals surface area contributed by atoms with E-state index in [1.807, 2.05) is 55.5 Å². The highest BCUT2D eigenvalue weighted by Crippen LogP contribution is 2.13. The predicted molar refractivity (Wildman–Crippen MR) is 110 cm³/mol. The molecular weight excluding hydrogens is 352 g/mol. The van der Waals surface area contributed by atoms with Crippen molar-refractivity contribution in [2.24, 2.45) is 0 Å². The highest BCUT2D eigenvalue weighted by molar-refractivity contribution is 6.05. The van der Waals surface area contributed by atoms with Crippen LogP contribution in [0.5, 0.6) is 5.75 Å². The number of amides is 2. The van der Waals surface area contributed by atoms with Gasteiger partial charge in [-0.3, -0.25) is 9.59 Å². The Hall–Kier alpha value is -3.60. The molecule has 3 aromatic rings. The highest BCUT2D eigenvalue weighted by Gasteiger charge is 2.09. The molecule has 0 bridgehead atoms. The maximum absolute atomic E-state index is 12.3. The fourth-order valence-corrected chi connectivity index (χ4v) is 2.64. The molecule has 0 unspecified atom stereocenters. The number of ether oxygens (including phenoxy) is 1. The van der Waals surface area contributed by atoms with Gasteiger partial charge in [-0.2, -0.15) is 0 Å². The van der Waals surface area contributed by atoms with Gasteiger partial charge in [-0.25, -0.2) is 0 Å². The molecule has 2 N–H and O–H groups in total. The van der Waals surface area contributed by atoms with Crippen LogP contribution in [0, 0.1) is 6.92 Å². The van der Waals surface area contributed by atoms with Crippen LogP contribution in [0.1, 0.15) is 31.8 Å². The van der Waals surface area contributed by atoms with E-state index in [0.717, 1.165) is 22.6 Å². The Morgan fingerprint density at radius 3 is 1.93 bits per heavy atom. The van der Waals surface area contributed by atoms with E-state index in [-0.39, 0.29) is 11.8 Å². The van der Waals surface area contributed by atoms with Gasteiger partial charge in [-0.15, -0.1) is 0 Å². The maximum atomic E-state index is 12.3. The molecule has 3 rings (SSSR count). The molecule has 0 saturated carbocycles. The lowest BCUT2D eigenvalue weighted by Gasteiger charge is -2.08. The van der Waals surface area contributed by atoms with Crippen LogP contribution < -0.4 is 15.4 Å². The monoisotopic (exact) mass is 374 g/mol.